The summed E-state index contributed by atoms with van der Waals surface area (Å²) in [5.41, 5.74) is -1.83. The van der Waals surface area contributed by atoms with Crippen LogP contribution in [0.1, 0.15) is 133 Å². The predicted octanol–water partition coefficient (Wildman–Crippen LogP) is 4.99. The number of ketones is 1. The number of ether oxygens (including phenoxy) is 5. The number of aliphatic carboxylic acids is 1. The molecule has 5 rings (SSSR count). The van der Waals surface area contributed by atoms with Crippen LogP contribution in [0.5, 0.6) is 0 Å². The van der Waals surface area contributed by atoms with Gasteiger partial charge < -0.3 is 54.5 Å². The minimum atomic E-state index is -1.48. The van der Waals surface area contributed by atoms with Gasteiger partial charge in [0.25, 0.3) is 0 Å². The molecular weight excluding hydrogens is 811 g/mol. The second kappa shape index (κ2) is 20.6. The smallest absolute Gasteiger partial charge is 0.309 e. The number of hydrogen-bond donors (Lipinski definition) is 5. The van der Waals surface area contributed by atoms with Gasteiger partial charge in [0.15, 0.2) is 11.6 Å². The van der Waals surface area contributed by atoms with Crippen LogP contribution >= 0.6 is 0 Å². The molecule has 0 aromatic rings. The Kier molecular flexibility index (Phi) is 16.8. The molecule has 0 radical (unpaired) electrons. The van der Waals surface area contributed by atoms with Crippen LogP contribution in [-0.4, -0.2) is 136 Å². The Morgan fingerprint density at radius 2 is 1.56 bits per heavy atom. The number of rotatable bonds is 16. The van der Waals surface area contributed by atoms with Gasteiger partial charge in [0.05, 0.1) is 53.7 Å². The zero-order valence-corrected chi connectivity index (χ0v) is 40.2. The van der Waals surface area contributed by atoms with Crippen molar-refractivity contribution in [3.63, 3.8) is 0 Å². The Balaban J connectivity index is 1.40. The number of likely N-dealkylation sites (N-methyl/N-ethyl adjacent to an activating group) is 1. The quantitative estimate of drug-likeness (QED) is 0.103. The van der Waals surface area contributed by atoms with E-state index in [0.29, 0.717) is 64.3 Å². The highest BCUT2D eigenvalue weighted by molar-refractivity contribution is 6.35. The molecule has 1 unspecified atom stereocenters. The third-order valence-electron chi connectivity index (χ3n) is 15.8. The number of nitrogens with one attached hydrogen (secondary N) is 2. The van der Waals surface area contributed by atoms with E-state index in [-0.39, 0.29) is 36.2 Å². The second-order valence-corrected chi connectivity index (χ2v) is 20.5. The Morgan fingerprint density at radius 1 is 0.873 bits per heavy atom. The number of amides is 2. The first kappa shape index (κ1) is 51.5. The number of Topliss-reactive ketones (excluding diaryl/α,β-unsaturated/α-hetero) is 1. The molecule has 2 amide bonds. The number of carboxylic acids is 1. The molecule has 5 aliphatic rings. The zero-order valence-electron chi connectivity index (χ0n) is 40.2. The topological polar surface area (TPSA) is 202 Å². The van der Waals surface area contributed by atoms with Gasteiger partial charge in [-0.1, -0.05) is 61.5 Å². The van der Waals surface area contributed by atoms with E-state index in [9.17, 15) is 34.5 Å². The number of carbonyl (C=O) groups is 4. The van der Waals surface area contributed by atoms with Crippen LogP contribution in [0, 0.1) is 41.4 Å². The van der Waals surface area contributed by atoms with E-state index in [2.05, 4.69) is 24.5 Å². The van der Waals surface area contributed by atoms with Crippen molar-refractivity contribution in [3.05, 3.63) is 12.2 Å². The Morgan fingerprint density at radius 3 is 2.16 bits per heavy atom. The Bertz CT molecular complexity index is 1650. The SMILES string of the molecule is CCC(C(=O)[C@@H](C)[C@@H](O)[C@H](C)[C@@H]1O[C@@H]([C@@H](CC)C(=O)O)CC[C@@H]1C)[C@H]1O[C@]2(C=C[C@@H](NC(=O)C(=O)NCCN(C)C)[C@]3(CC[C@@](C)([C@H]4CC[C@](O)(CC)[C@H](C)O4)O3)O2)[C@H](C)C[C@@H]1C. The summed E-state index contributed by atoms with van der Waals surface area (Å²) in [6.45, 7) is 20.2. The summed E-state index contributed by atoms with van der Waals surface area (Å²) in [5.74, 6) is -8.12. The number of nitrogens with zero attached hydrogens (tertiary/aromatic N) is 1. The maximum atomic E-state index is 14.7. The van der Waals surface area contributed by atoms with E-state index >= 15 is 0 Å². The molecule has 4 fully saturated rings. The van der Waals surface area contributed by atoms with Crippen molar-refractivity contribution in [2.24, 2.45) is 41.4 Å². The molecule has 4 saturated heterocycles. The molecule has 18 atom stereocenters. The summed E-state index contributed by atoms with van der Waals surface area (Å²) in [4.78, 5) is 55.1. The molecule has 360 valence electrons. The lowest BCUT2D eigenvalue weighted by molar-refractivity contribution is -0.398. The number of carbonyl (C=O) groups excluding carboxylic acids is 3. The molecule has 63 heavy (non-hydrogen) atoms. The highest BCUT2D eigenvalue weighted by Crippen LogP contribution is 2.54. The molecule has 0 saturated carbocycles. The molecule has 0 aliphatic carbocycles. The lowest BCUT2D eigenvalue weighted by Crippen LogP contribution is -2.66. The number of aliphatic hydroxyl groups excluding tert-OH is 1. The average Bonchev–Trinajstić information content (AvgIpc) is 3.58. The van der Waals surface area contributed by atoms with Crippen molar-refractivity contribution in [1.29, 1.82) is 0 Å². The van der Waals surface area contributed by atoms with E-state index in [1.165, 1.54) is 0 Å². The van der Waals surface area contributed by atoms with Crippen LogP contribution in [0.4, 0.5) is 0 Å². The van der Waals surface area contributed by atoms with Crippen molar-refractivity contribution >= 4 is 23.6 Å². The highest BCUT2D eigenvalue weighted by atomic mass is 16.8. The van der Waals surface area contributed by atoms with E-state index in [1.54, 1.807) is 19.1 Å². The lowest BCUT2D eigenvalue weighted by atomic mass is 9.72. The summed E-state index contributed by atoms with van der Waals surface area (Å²) in [7, 11) is 3.76. The summed E-state index contributed by atoms with van der Waals surface area (Å²) < 4.78 is 34.3. The third kappa shape index (κ3) is 10.7. The molecule has 2 spiro atoms. The normalized spacial score (nSPS) is 40.6. The fraction of sp³-hybridized carbons (Fsp3) is 0.875. The molecular formula is C48H81N3O12. The van der Waals surface area contributed by atoms with Crippen molar-refractivity contribution < 1.29 is 58.2 Å². The summed E-state index contributed by atoms with van der Waals surface area (Å²) in [6, 6.07) is -0.883. The van der Waals surface area contributed by atoms with Gasteiger partial charge in [0, 0.05) is 43.2 Å². The van der Waals surface area contributed by atoms with E-state index in [0.717, 1.165) is 6.42 Å². The summed E-state index contributed by atoms with van der Waals surface area (Å²) >= 11 is 0. The van der Waals surface area contributed by atoms with Gasteiger partial charge in [-0.05, 0) is 104 Å². The van der Waals surface area contributed by atoms with Gasteiger partial charge in [-0.15, -0.1) is 0 Å². The number of aliphatic hydroxyl groups is 2. The van der Waals surface area contributed by atoms with Crippen LogP contribution in [0.2, 0.25) is 0 Å². The largest absolute Gasteiger partial charge is 0.481 e. The molecule has 0 aromatic heterocycles. The van der Waals surface area contributed by atoms with Crippen LogP contribution < -0.4 is 10.6 Å². The predicted molar refractivity (Wildman–Crippen MR) is 236 cm³/mol. The molecule has 0 aromatic carbocycles. The van der Waals surface area contributed by atoms with Gasteiger partial charge >= 0.3 is 17.8 Å². The van der Waals surface area contributed by atoms with E-state index < -0.39 is 101 Å². The highest BCUT2D eigenvalue weighted by Gasteiger charge is 2.63. The van der Waals surface area contributed by atoms with E-state index in [1.807, 2.05) is 67.5 Å². The fourth-order valence-electron chi connectivity index (χ4n) is 11.3. The Labute approximate surface area is 376 Å². The fourth-order valence-corrected chi connectivity index (χ4v) is 11.3. The summed E-state index contributed by atoms with van der Waals surface area (Å²) in [5, 5.41) is 38.5. The average molecular weight is 892 g/mol. The standard InChI is InChI=1S/C48H81N3O12/c1-13-33(44(56)57)35-17-16-27(4)40(60-35)31(8)38(52)30(7)39(53)34(14-2)41-28(5)26-29(6)47(61-41)21-18-36(50-43(55)42(54)49-24-25-51(11)12)48(63-47)23-22-45(10,62-48)37-19-20-46(58,15-3)32(9)59-37/h18,21,27-38,40-41,52,58H,13-17,19-20,22-26H2,1-12H3,(H,49,54)(H,50,55)(H,56,57)/t27-,28-,29+,30-,31-,32-,33+,34?,35+,36+,37+,38+,40+,41-,45-,46+,47-,48-/m0/s1. The van der Waals surface area contributed by atoms with Gasteiger partial charge in [-0.3, -0.25) is 19.2 Å². The van der Waals surface area contributed by atoms with Gasteiger partial charge in [-0.25, -0.2) is 0 Å². The summed E-state index contributed by atoms with van der Waals surface area (Å²) in [6.07, 6.45) is 5.66. The van der Waals surface area contributed by atoms with Gasteiger partial charge in [0.1, 0.15) is 11.8 Å². The maximum absolute atomic E-state index is 14.7. The maximum Gasteiger partial charge on any atom is 0.309 e. The van der Waals surface area contributed by atoms with Crippen molar-refractivity contribution in [3.8, 4) is 0 Å². The van der Waals surface area contributed by atoms with Gasteiger partial charge in [0.2, 0.25) is 0 Å². The second-order valence-electron chi connectivity index (χ2n) is 20.5. The molecule has 5 heterocycles. The van der Waals surface area contributed by atoms with Crippen molar-refractivity contribution in [2.75, 3.05) is 27.2 Å². The minimum absolute atomic E-state index is 0.0637. The number of hydrogen-bond acceptors (Lipinski definition) is 12. The number of carboxylic acid groups (broad SMARTS) is 1. The molecule has 15 heteroatoms. The third-order valence-corrected chi connectivity index (χ3v) is 15.8. The van der Waals surface area contributed by atoms with Crippen LogP contribution in [-0.2, 0) is 42.9 Å². The molecule has 15 nitrogen and oxygen atoms in total. The van der Waals surface area contributed by atoms with Crippen molar-refractivity contribution in [1.82, 2.24) is 15.5 Å². The van der Waals surface area contributed by atoms with Crippen LogP contribution in [0.3, 0.4) is 0 Å². The first-order valence-corrected chi connectivity index (χ1v) is 24.0. The minimum Gasteiger partial charge on any atom is -0.481 e. The molecule has 5 aliphatic heterocycles. The first-order valence-electron chi connectivity index (χ1n) is 24.0. The first-order chi connectivity index (χ1) is 29.5. The monoisotopic (exact) mass is 892 g/mol. The van der Waals surface area contributed by atoms with E-state index in [4.69, 9.17) is 23.7 Å². The van der Waals surface area contributed by atoms with Crippen molar-refractivity contribution in [2.45, 2.75) is 199 Å². The lowest BCUT2D eigenvalue weighted by Gasteiger charge is -2.55. The molecule has 0 bridgehead atoms. The molecule has 5 N–H and O–H groups in total. The zero-order chi connectivity index (χ0) is 46.8. The van der Waals surface area contributed by atoms with Crippen LogP contribution in [0.25, 0.3) is 0 Å². The Hall–Kier alpha value is -2.50. The van der Waals surface area contributed by atoms with Crippen LogP contribution in [0.15, 0.2) is 12.2 Å². The van der Waals surface area contributed by atoms with Gasteiger partial charge in [-0.2, -0.15) is 0 Å².